The van der Waals surface area contributed by atoms with Crippen LogP contribution in [0.5, 0.6) is 0 Å². The van der Waals surface area contributed by atoms with E-state index < -0.39 is 0 Å². The summed E-state index contributed by atoms with van der Waals surface area (Å²) in [6, 6.07) is 4.59. The molecule has 0 amide bonds. The molecule has 3 nitrogen and oxygen atoms in total. The van der Waals surface area contributed by atoms with E-state index in [1.807, 2.05) is 6.92 Å². The molecule has 1 aromatic carbocycles. The van der Waals surface area contributed by atoms with Crippen LogP contribution in [0.4, 0.5) is 4.39 Å². The summed E-state index contributed by atoms with van der Waals surface area (Å²) < 4.78 is 16.2. The molecule has 0 saturated heterocycles. The van der Waals surface area contributed by atoms with Gasteiger partial charge in [-0.05, 0) is 24.6 Å². The van der Waals surface area contributed by atoms with Gasteiger partial charge in [-0.25, -0.2) is 4.39 Å². The second-order valence-electron chi connectivity index (χ2n) is 3.94. The van der Waals surface area contributed by atoms with Gasteiger partial charge in [-0.3, -0.25) is 9.48 Å². The third kappa shape index (κ3) is 2.51. The fourth-order valence-electron chi connectivity index (χ4n) is 1.75. The Labute approximate surface area is 113 Å². The second kappa shape index (κ2) is 5.44. The number of halogens is 2. The van der Waals surface area contributed by atoms with Crippen molar-refractivity contribution in [3.8, 4) is 11.3 Å². The molecule has 0 aliphatic rings. The summed E-state index contributed by atoms with van der Waals surface area (Å²) in [5.41, 5.74) is 1.12. The minimum absolute atomic E-state index is 0.335. The third-order valence-corrected chi connectivity index (χ3v) is 3.05. The number of carbonyl (C=O) groups is 1. The topological polar surface area (TPSA) is 34.9 Å². The number of hydrogen-bond acceptors (Lipinski definition) is 2. The molecule has 1 heterocycles. The van der Waals surface area contributed by atoms with Crippen molar-refractivity contribution in [1.29, 1.82) is 0 Å². The Morgan fingerprint density at radius 3 is 2.94 bits per heavy atom. The van der Waals surface area contributed by atoms with Gasteiger partial charge in [0.2, 0.25) is 0 Å². The zero-order valence-electron chi connectivity index (χ0n) is 9.86. The van der Waals surface area contributed by atoms with Crippen LogP contribution in [0.1, 0.15) is 23.7 Å². The lowest BCUT2D eigenvalue weighted by molar-refractivity contribution is 0.112. The van der Waals surface area contributed by atoms with Gasteiger partial charge in [0, 0.05) is 22.8 Å². The number of carbonyl (C=O) groups excluding carboxylic acids is 1. The zero-order chi connectivity index (χ0) is 13.1. The SMILES string of the molecule is CCCn1cc(C=O)c(-c2cc(Br)ccc2F)n1. The molecule has 2 rings (SSSR count). The van der Waals surface area contributed by atoms with E-state index in [-0.39, 0.29) is 5.82 Å². The first-order valence-corrected chi connectivity index (χ1v) is 6.43. The normalized spacial score (nSPS) is 10.6. The molecular formula is C13H12BrFN2O. The summed E-state index contributed by atoms with van der Waals surface area (Å²) in [5.74, 6) is -0.386. The summed E-state index contributed by atoms with van der Waals surface area (Å²) in [7, 11) is 0. The van der Waals surface area contributed by atoms with E-state index in [1.165, 1.54) is 6.07 Å². The number of aryl methyl sites for hydroxylation is 1. The highest BCUT2D eigenvalue weighted by atomic mass is 79.9. The number of aromatic nitrogens is 2. The first-order valence-electron chi connectivity index (χ1n) is 5.63. The Kier molecular flexibility index (Phi) is 3.91. The van der Waals surface area contributed by atoms with Gasteiger partial charge in [-0.1, -0.05) is 22.9 Å². The van der Waals surface area contributed by atoms with Crippen molar-refractivity contribution in [2.45, 2.75) is 19.9 Å². The van der Waals surface area contributed by atoms with Crippen molar-refractivity contribution in [3.63, 3.8) is 0 Å². The molecule has 0 bridgehead atoms. The monoisotopic (exact) mass is 310 g/mol. The van der Waals surface area contributed by atoms with E-state index in [4.69, 9.17) is 0 Å². The van der Waals surface area contributed by atoms with Crippen LogP contribution in [-0.2, 0) is 6.54 Å². The molecule has 5 heteroatoms. The van der Waals surface area contributed by atoms with E-state index in [0.717, 1.165) is 10.9 Å². The third-order valence-electron chi connectivity index (χ3n) is 2.55. The minimum Gasteiger partial charge on any atom is -0.298 e. The molecule has 0 aliphatic carbocycles. The number of nitrogens with zero attached hydrogens (tertiary/aromatic N) is 2. The maximum absolute atomic E-state index is 13.8. The van der Waals surface area contributed by atoms with Crippen molar-refractivity contribution in [3.05, 3.63) is 40.2 Å². The van der Waals surface area contributed by atoms with E-state index in [1.54, 1.807) is 23.0 Å². The highest BCUT2D eigenvalue weighted by Gasteiger charge is 2.14. The highest BCUT2D eigenvalue weighted by Crippen LogP contribution is 2.27. The number of benzene rings is 1. The second-order valence-corrected chi connectivity index (χ2v) is 4.85. The smallest absolute Gasteiger partial charge is 0.153 e. The molecule has 0 saturated carbocycles. The van der Waals surface area contributed by atoms with Crippen molar-refractivity contribution in [2.75, 3.05) is 0 Å². The fraction of sp³-hybridized carbons (Fsp3) is 0.231. The van der Waals surface area contributed by atoms with E-state index in [2.05, 4.69) is 21.0 Å². The summed E-state index contributed by atoms with van der Waals surface area (Å²) in [6.07, 6.45) is 3.25. The molecule has 1 aromatic heterocycles. The summed E-state index contributed by atoms with van der Waals surface area (Å²) in [4.78, 5) is 11.0. The van der Waals surface area contributed by atoms with Gasteiger partial charge in [0.1, 0.15) is 11.5 Å². The van der Waals surface area contributed by atoms with Gasteiger partial charge in [-0.15, -0.1) is 0 Å². The lowest BCUT2D eigenvalue weighted by Crippen LogP contribution is -1.97. The molecule has 0 unspecified atom stereocenters. The van der Waals surface area contributed by atoms with Crippen LogP contribution in [0.3, 0.4) is 0 Å². The van der Waals surface area contributed by atoms with Gasteiger partial charge < -0.3 is 0 Å². The largest absolute Gasteiger partial charge is 0.298 e. The number of aldehydes is 1. The lowest BCUT2D eigenvalue weighted by atomic mass is 10.1. The molecule has 94 valence electrons. The summed E-state index contributed by atoms with van der Waals surface area (Å²) >= 11 is 3.29. The first kappa shape index (κ1) is 13.0. The van der Waals surface area contributed by atoms with Gasteiger partial charge in [0.25, 0.3) is 0 Å². The minimum atomic E-state index is -0.386. The van der Waals surface area contributed by atoms with Crippen LogP contribution in [0.15, 0.2) is 28.9 Å². The molecule has 2 aromatic rings. The zero-order valence-corrected chi connectivity index (χ0v) is 11.4. The predicted octanol–water partition coefficient (Wildman–Crippen LogP) is 3.67. The molecule has 0 N–H and O–H groups in total. The number of rotatable bonds is 4. The van der Waals surface area contributed by atoms with Crippen LogP contribution in [0.2, 0.25) is 0 Å². The average Bonchev–Trinajstić information content (AvgIpc) is 2.76. The van der Waals surface area contributed by atoms with Crippen molar-refractivity contribution < 1.29 is 9.18 Å². The molecule has 0 atom stereocenters. The van der Waals surface area contributed by atoms with Crippen LogP contribution >= 0.6 is 15.9 Å². The quantitative estimate of drug-likeness (QED) is 0.808. The first-order chi connectivity index (χ1) is 8.65. The van der Waals surface area contributed by atoms with Gasteiger partial charge in [0.05, 0.1) is 5.56 Å². The molecular weight excluding hydrogens is 299 g/mol. The van der Waals surface area contributed by atoms with E-state index >= 15 is 0 Å². The van der Waals surface area contributed by atoms with Crippen LogP contribution < -0.4 is 0 Å². The number of hydrogen-bond donors (Lipinski definition) is 0. The van der Waals surface area contributed by atoms with Crippen molar-refractivity contribution in [1.82, 2.24) is 9.78 Å². The van der Waals surface area contributed by atoms with Crippen LogP contribution in [-0.4, -0.2) is 16.1 Å². The summed E-state index contributed by atoms with van der Waals surface area (Å²) in [5, 5.41) is 4.27. The molecule has 0 fully saturated rings. The fourth-order valence-corrected chi connectivity index (χ4v) is 2.12. The Morgan fingerprint density at radius 1 is 1.50 bits per heavy atom. The average molecular weight is 311 g/mol. The van der Waals surface area contributed by atoms with E-state index in [9.17, 15) is 9.18 Å². The Hall–Kier alpha value is -1.49. The van der Waals surface area contributed by atoms with Crippen molar-refractivity contribution >= 4 is 22.2 Å². The molecule has 0 spiro atoms. The Bertz CT molecular complexity index is 580. The van der Waals surface area contributed by atoms with Gasteiger partial charge in [-0.2, -0.15) is 5.10 Å². The molecule has 18 heavy (non-hydrogen) atoms. The van der Waals surface area contributed by atoms with Crippen molar-refractivity contribution in [2.24, 2.45) is 0 Å². The van der Waals surface area contributed by atoms with Gasteiger partial charge >= 0.3 is 0 Å². The maximum Gasteiger partial charge on any atom is 0.153 e. The Balaban J connectivity index is 2.54. The predicted molar refractivity (Wildman–Crippen MR) is 71.0 cm³/mol. The standard InChI is InChI=1S/C13H12BrFN2O/c1-2-5-17-7-9(8-18)13(16-17)11-6-10(14)3-4-12(11)15/h3-4,6-8H,2,5H2,1H3. The molecule has 0 radical (unpaired) electrons. The Morgan fingerprint density at radius 2 is 2.28 bits per heavy atom. The van der Waals surface area contributed by atoms with Crippen LogP contribution in [0.25, 0.3) is 11.3 Å². The highest BCUT2D eigenvalue weighted by molar-refractivity contribution is 9.10. The van der Waals surface area contributed by atoms with E-state index in [0.29, 0.717) is 29.7 Å². The van der Waals surface area contributed by atoms with Gasteiger partial charge in [0.15, 0.2) is 6.29 Å². The van der Waals surface area contributed by atoms with Crippen LogP contribution in [0, 0.1) is 5.82 Å². The lowest BCUT2D eigenvalue weighted by Gasteiger charge is -2.01. The molecule has 0 aliphatic heterocycles. The summed E-state index contributed by atoms with van der Waals surface area (Å²) in [6.45, 7) is 2.72. The maximum atomic E-state index is 13.8.